The van der Waals surface area contributed by atoms with Crippen molar-refractivity contribution in [3.63, 3.8) is 0 Å². The topological polar surface area (TPSA) is 49.4 Å². The first-order chi connectivity index (χ1) is 10.6. The van der Waals surface area contributed by atoms with Crippen molar-refractivity contribution in [3.8, 4) is 0 Å². The lowest BCUT2D eigenvalue weighted by Crippen LogP contribution is -2.40. The largest absolute Gasteiger partial charge is 0.416 e. The van der Waals surface area contributed by atoms with Gasteiger partial charge in [-0.1, -0.05) is 19.9 Å². The number of hydrogen-bond acceptors (Lipinski definition) is 2. The predicted octanol–water partition coefficient (Wildman–Crippen LogP) is 3.22. The van der Waals surface area contributed by atoms with Crippen LogP contribution >= 0.6 is 0 Å². The first-order valence-corrected chi connectivity index (χ1v) is 7.33. The molecule has 0 spiro atoms. The van der Waals surface area contributed by atoms with Gasteiger partial charge in [-0.2, -0.15) is 13.2 Å². The zero-order chi connectivity index (χ0) is 17.6. The standard InChI is InChI=1S/C16H21F3N2O2/c1-11(2)7-8-20-15(23)10-21(12(3)22)14-6-4-5-13(9-14)16(17,18)19/h4-6,9,11H,7-8,10H2,1-3H3,(H,20,23). The number of alkyl halides is 3. The van der Waals surface area contributed by atoms with Crippen molar-refractivity contribution >= 4 is 17.5 Å². The molecule has 0 bridgehead atoms. The van der Waals surface area contributed by atoms with Crippen LogP contribution in [0.15, 0.2) is 24.3 Å². The van der Waals surface area contributed by atoms with E-state index in [9.17, 15) is 22.8 Å². The van der Waals surface area contributed by atoms with Crippen LogP contribution in [0.5, 0.6) is 0 Å². The first kappa shape index (κ1) is 19.0. The highest BCUT2D eigenvalue weighted by Gasteiger charge is 2.31. The van der Waals surface area contributed by atoms with Crippen molar-refractivity contribution in [1.29, 1.82) is 0 Å². The van der Waals surface area contributed by atoms with Crippen molar-refractivity contribution in [2.24, 2.45) is 5.92 Å². The second-order valence-corrected chi connectivity index (χ2v) is 5.69. The van der Waals surface area contributed by atoms with E-state index in [4.69, 9.17) is 0 Å². The number of nitrogens with zero attached hydrogens (tertiary/aromatic N) is 1. The third kappa shape index (κ3) is 6.30. The fraction of sp³-hybridized carbons (Fsp3) is 0.500. The van der Waals surface area contributed by atoms with Crippen LogP contribution in [0.2, 0.25) is 0 Å². The Labute approximate surface area is 133 Å². The number of nitrogens with one attached hydrogen (secondary N) is 1. The van der Waals surface area contributed by atoms with E-state index < -0.39 is 23.6 Å². The van der Waals surface area contributed by atoms with Gasteiger partial charge in [-0.25, -0.2) is 0 Å². The van der Waals surface area contributed by atoms with Crippen LogP contribution in [0.4, 0.5) is 18.9 Å². The average Bonchev–Trinajstić information content (AvgIpc) is 2.43. The molecule has 2 amide bonds. The molecule has 1 aromatic rings. The van der Waals surface area contributed by atoms with E-state index in [1.54, 1.807) is 0 Å². The quantitative estimate of drug-likeness (QED) is 0.871. The Balaban J connectivity index is 2.83. The molecule has 23 heavy (non-hydrogen) atoms. The van der Waals surface area contributed by atoms with Gasteiger partial charge >= 0.3 is 6.18 Å². The third-order valence-electron chi connectivity index (χ3n) is 3.21. The summed E-state index contributed by atoms with van der Waals surface area (Å²) in [7, 11) is 0. The highest BCUT2D eigenvalue weighted by Crippen LogP contribution is 2.31. The van der Waals surface area contributed by atoms with Gasteiger partial charge in [0, 0.05) is 19.2 Å². The summed E-state index contributed by atoms with van der Waals surface area (Å²) in [4.78, 5) is 24.6. The molecule has 0 aliphatic rings. The van der Waals surface area contributed by atoms with Gasteiger partial charge < -0.3 is 10.2 Å². The summed E-state index contributed by atoms with van der Waals surface area (Å²) in [6.07, 6.45) is -3.71. The molecule has 0 radical (unpaired) electrons. The predicted molar refractivity (Wildman–Crippen MR) is 81.9 cm³/mol. The fourth-order valence-corrected chi connectivity index (χ4v) is 1.93. The van der Waals surface area contributed by atoms with Crippen LogP contribution in [0.1, 0.15) is 32.8 Å². The summed E-state index contributed by atoms with van der Waals surface area (Å²) in [5, 5.41) is 2.66. The lowest BCUT2D eigenvalue weighted by molar-refractivity contribution is -0.137. The van der Waals surface area contributed by atoms with Crippen molar-refractivity contribution in [3.05, 3.63) is 29.8 Å². The van der Waals surface area contributed by atoms with E-state index in [-0.39, 0.29) is 12.2 Å². The number of carbonyl (C=O) groups excluding carboxylic acids is 2. The third-order valence-corrected chi connectivity index (χ3v) is 3.21. The molecule has 0 aliphatic carbocycles. The molecular formula is C16H21F3N2O2. The van der Waals surface area contributed by atoms with Crippen molar-refractivity contribution < 1.29 is 22.8 Å². The Hall–Kier alpha value is -2.05. The molecule has 0 fully saturated rings. The first-order valence-electron chi connectivity index (χ1n) is 7.33. The smallest absolute Gasteiger partial charge is 0.355 e. The van der Waals surface area contributed by atoms with Crippen molar-refractivity contribution in [1.82, 2.24) is 5.32 Å². The lowest BCUT2D eigenvalue weighted by atomic mass is 10.1. The molecule has 4 nitrogen and oxygen atoms in total. The second kappa shape index (κ2) is 7.99. The van der Waals surface area contributed by atoms with Gasteiger partial charge in [0.2, 0.25) is 11.8 Å². The van der Waals surface area contributed by atoms with Gasteiger partial charge in [0.25, 0.3) is 0 Å². The number of rotatable bonds is 6. The number of benzene rings is 1. The minimum atomic E-state index is -4.50. The molecule has 0 heterocycles. The summed E-state index contributed by atoms with van der Waals surface area (Å²) < 4.78 is 38.3. The van der Waals surface area contributed by atoms with Crippen LogP contribution in [0.25, 0.3) is 0 Å². The minimum absolute atomic E-state index is 0.0475. The molecule has 0 aromatic heterocycles. The summed E-state index contributed by atoms with van der Waals surface area (Å²) in [5.74, 6) is -0.482. The Bertz CT molecular complexity index is 557. The molecular weight excluding hydrogens is 309 g/mol. The van der Waals surface area contributed by atoms with E-state index in [1.807, 2.05) is 13.8 Å². The fourth-order valence-electron chi connectivity index (χ4n) is 1.93. The van der Waals surface area contributed by atoms with E-state index in [0.29, 0.717) is 12.5 Å². The Kier molecular flexibility index (Phi) is 6.60. The number of anilines is 1. The molecule has 0 saturated carbocycles. The molecule has 128 valence electrons. The van der Waals surface area contributed by atoms with Gasteiger partial charge in [0.15, 0.2) is 0 Å². The van der Waals surface area contributed by atoms with E-state index in [2.05, 4.69) is 5.32 Å². The maximum Gasteiger partial charge on any atom is 0.416 e. The monoisotopic (exact) mass is 330 g/mol. The van der Waals surface area contributed by atoms with E-state index >= 15 is 0 Å². The molecule has 7 heteroatoms. The van der Waals surface area contributed by atoms with Crippen LogP contribution in [-0.2, 0) is 15.8 Å². The number of amides is 2. The second-order valence-electron chi connectivity index (χ2n) is 5.69. The van der Waals surface area contributed by atoms with Crippen LogP contribution in [0.3, 0.4) is 0 Å². The summed E-state index contributed by atoms with van der Waals surface area (Å²) in [6, 6.07) is 4.37. The number of halogens is 3. The maximum atomic E-state index is 12.8. The van der Waals surface area contributed by atoms with Crippen molar-refractivity contribution in [2.75, 3.05) is 18.0 Å². The summed E-state index contributed by atoms with van der Waals surface area (Å²) >= 11 is 0. The van der Waals surface area contributed by atoms with E-state index in [0.717, 1.165) is 23.5 Å². The average molecular weight is 330 g/mol. The zero-order valence-electron chi connectivity index (χ0n) is 13.4. The van der Waals surface area contributed by atoms with Gasteiger partial charge in [-0.15, -0.1) is 0 Å². The lowest BCUT2D eigenvalue weighted by Gasteiger charge is -2.22. The highest BCUT2D eigenvalue weighted by atomic mass is 19.4. The summed E-state index contributed by atoms with van der Waals surface area (Å²) in [6.45, 7) is 5.38. The normalized spacial score (nSPS) is 11.4. The van der Waals surface area contributed by atoms with Gasteiger partial charge in [-0.05, 0) is 30.5 Å². The molecule has 1 rings (SSSR count). The maximum absolute atomic E-state index is 12.8. The Morgan fingerprint density at radius 3 is 2.43 bits per heavy atom. The Morgan fingerprint density at radius 1 is 1.26 bits per heavy atom. The van der Waals surface area contributed by atoms with Crippen molar-refractivity contribution in [2.45, 2.75) is 33.4 Å². The Morgan fingerprint density at radius 2 is 1.91 bits per heavy atom. The van der Waals surface area contributed by atoms with E-state index in [1.165, 1.54) is 19.1 Å². The van der Waals surface area contributed by atoms with Crippen LogP contribution in [0, 0.1) is 5.92 Å². The highest BCUT2D eigenvalue weighted by molar-refractivity contribution is 5.97. The number of hydrogen-bond donors (Lipinski definition) is 1. The van der Waals surface area contributed by atoms with Crippen LogP contribution < -0.4 is 10.2 Å². The van der Waals surface area contributed by atoms with Gasteiger partial charge in [0.1, 0.15) is 6.54 Å². The molecule has 0 atom stereocenters. The van der Waals surface area contributed by atoms with Gasteiger partial charge in [0.05, 0.1) is 5.56 Å². The molecule has 0 aliphatic heterocycles. The molecule has 1 N–H and O–H groups in total. The van der Waals surface area contributed by atoms with Crippen LogP contribution in [-0.4, -0.2) is 24.9 Å². The molecule has 0 saturated heterocycles. The minimum Gasteiger partial charge on any atom is -0.355 e. The SMILES string of the molecule is CC(=O)N(CC(=O)NCCC(C)C)c1cccc(C(F)(F)F)c1. The number of carbonyl (C=O) groups is 2. The molecule has 0 unspecified atom stereocenters. The zero-order valence-corrected chi connectivity index (χ0v) is 13.4. The summed E-state index contributed by atoms with van der Waals surface area (Å²) in [5.41, 5.74) is -0.812. The molecule has 1 aromatic carbocycles. The van der Waals surface area contributed by atoms with Gasteiger partial charge in [-0.3, -0.25) is 9.59 Å².